The zero-order chi connectivity index (χ0) is 24.7. The fourth-order valence-electron chi connectivity index (χ4n) is 3.88. The monoisotopic (exact) mass is 493 g/mol. The summed E-state index contributed by atoms with van der Waals surface area (Å²) >= 11 is 0. The molecule has 5 rings (SSSR count). The highest BCUT2D eigenvalue weighted by Gasteiger charge is 2.35. The number of hydrogen-bond donors (Lipinski definition) is 1. The van der Waals surface area contributed by atoms with Crippen LogP contribution >= 0.6 is 0 Å². The third-order valence-electron chi connectivity index (χ3n) is 5.73. The lowest BCUT2D eigenvalue weighted by molar-refractivity contribution is -0.129. The van der Waals surface area contributed by atoms with Crippen LogP contribution in [0.4, 0.5) is 0 Å². The van der Waals surface area contributed by atoms with Gasteiger partial charge < -0.3 is 19.5 Å². The van der Waals surface area contributed by atoms with Gasteiger partial charge in [0.15, 0.2) is 23.4 Å². The summed E-state index contributed by atoms with van der Waals surface area (Å²) in [6.45, 7) is 1.72. The molecule has 0 spiro atoms. The van der Waals surface area contributed by atoms with E-state index < -0.39 is 33.6 Å². The van der Waals surface area contributed by atoms with Gasteiger partial charge in [0, 0.05) is 17.7 Å². The number of hydrogen-bond acceptors (Lipinski definition) is 8. The third kappa shape index (κ3) is 4.01. The molecule has 0 bridgehead atoms. The van der Waals surface area contributed by atoms with Gasteiger partial charge in [-0.05, 0) is 55.0 Å². The Labute approximate surface area is 200 Å². The van der Waals surface area contributed by atoms with Crippen molar-refractivity contribution in [3.63, 3.8) is 0 Å². The lowest BCUT2D eigenvalue weighted by Gasteiger charge is -2.19. The predicted molar refractivity (Wildman–Crippen MR) is 121 cm³/mol. The van der Waals surface area contributed by atoms with Crippen LogP contribution < -0.4 is 14.8 Å². The molecular weight excluding hydrogens is 474 g/mol. The summed E-state index contributed by atoms with van der Waals surface area (Å²) in [5, 5.41) is 2.67. The van der Waals surface area contributed by atoms with E-state index in [1.165, 1.54) is 37.3 Å². The van der Waals surface area contributed by atoms with E-state index in [1.54, 1.807) is 24.3 Å². The Morgan fingerprint density at radius 2 is 1.71 bits per heavy atom. The molecular formula is C25H19NO8S. The highest BCUT2D eigenvalue weighted by molar-refractivity contribution is 7.91. The van der Waals surface area contributed by atoms with Crippen molar-refractivity contribution in [1.82, 2.24) is 5.32 Å². The quantitative estimate of drug-likeness (QED) is 0.421. The van der Waals surface area contributed by atoms with Crippen molar-refractivity contribution in [2.24, 2.45) is 0 Å². The number of amides is 1. The van der Waals surface area contributed by atoms with Gasteiger partial charge in [0.25, 0.3) is 5.91 Å². The summed E-state index contributed by atoms with van der Waals surface area (Å²) in [7, 11) is -4.01. The minimum absolute atomic E-state index is 0.0187. The first kappa shape index (κ1) is 22.6. The standard InChI is InChI=1S/C25H19NO8S/c1-14(24(28)26-12-15-6-9-19-20(10-15)33-13-32-19)34-25(29)16-7-8-18-22(11-16)35(30,31)21-5-3-2-4-17(21)23(18)27/h2-11,14H,12-13H2,1H3,(H,26,28). The first-order chi connectivity index (χ1) is 16.8. The first-order valence-electron chi connectivity index (χ1n) is 10.7. The number of ether oxygens (including phenoxy) is 3. The van der Waals surface area contributed by atoms with Crippen LogP contribution in [0.2, 0.25) is 0 Å². The molecule has 0 radical (unpaired) electrons. The summed E-state index contributed by atoms with van der Waals surface area (Å²) in [6.07, 6.45) is -1.15. The Morgan fingerprint density at radius 3 is 2.54 bits per heavy atom. The van der Waals surface area contributed by atoms with Crippen molar-refractivity contribution in [3.8, 4) is 11.5 Å². The number of carbonyl (C=O) groups is 3. The topological polar surface area (TPSA) is 125 Å². The summed E-state index contributed by atoms with van der Waals surface area (Å²) in [5.41, 5.74) is 0.749. The van der Waals surface area contributed by atoms with Crippen molar-refractivity contribution in [3.05, 3.63) is 82.9 Å². The van der Waals surface area contributed by atoms with Gasteiger partial charge in [0.2, 0.25) is 16.6 Å². The normalized spacial score (nSPS) is 15.5. The predicted octanol–water partition coefficient (Wildman–Crippen LogP) is 2.65. The van der Waals surface area contributed by atoms with E-state index in [-0.39, 0.29) is 39.8 Å². The number of nitrogens with one attached hydrogen (secondary N) is 1. The number of benzene rings is 3. The molecule has 2 heterocycles. The van der Waals surface area contributed by atoms with E-state index in [9.17, 15) is 22.8 Å². The molecule has 0 fully saturated rings. The van der Waals surface area contributed by atoms with E-state index in [0.29, 0.717) is 11.5 Å². The lowest BCUT2D eigenvalue weighted by Crippen LogP contribution is -2.35. The molecule has 2 aliphatic heterocycles. The molecule has 3 aromatic rings. The summed E-state index contributed by atoms with van der Waals surface area (Å²) in [5.74, 6) is -0.660. The smallest absolute Gasteiger partial charge is 0.338 e. The molecule has 1 unspecified atom stereocenters. The van der Waals surface area contributed by atoms with Gasteiger partial charge in [0.05, 0.1) is 15.4 Å². The Hall–Kier alpha value is -4.18. The zero-order valence-corrected chi connectivity index (χ0v) is 19.3. The Balaban J connectivity index is 1.28. The number of carbonyl (C=O) groups excluding carboxylic acids is 3. The molecule has 0 saturated carbocycles. The molecule has 3 aromatic carbocycles. The lowest BCUT2D eigenvalue weighted by atomic mass is 10.0. The van der Waals surface area contributed by atoms with Crippen LogP contribution in [0.15, 0.2) is 70.5 Å². The fraction of sp³-hybridized carbons (Fsp3) is 0.160. The van der Waals surface area contributed by atoms with Gasteiger partial charge in [-0.25, -0.2) is 13.2 Å². The maximum absolute atomic E-state index is 13.1. The van der Waals surface area contributed by atoms with E-state index in [4.69, 9.17) is 14.2 Å². The summed E-state index contributed by atoms with van der Waals surface area (Å²) in [4.78, 5) is 37.5. The highest BCUT2D eigenvalue weighted by atomic mass is 32.2. The van der Waals surface area contributed by atoms with E-state index >= 15 is 0 Å². The molecule has 0 aliphatic carbocycles. The van der Waals surface area contributed by atoms with E-state index in [2.05, 4.69) is 5.32 Å². The molecule has 0 saturated heterocycles. The van der Waals surface area contributed by atoms with Crippen LogP contribution in [0.25, 0.3) is 0 Å². The highest BCUT2D eigenvalue weighted by Crippen LogP contribution is 2.35. The molecule has 9 nitrogen and oxygen atoms in total. The molecule has 2 aliphatic rings. The van der Waals surface area contributed by atoms with Gasteiger partial charge in [-0.3, -0.25) is 9.59 Å². The molecule has 10 heteroatoms. The minimum atomic E-state index is -4.01. The van der Waals surface area contributed by atoms with Crippen molar-refractivity contribution in [2.75, 3.05) is 6.79 Å². The summed E-state index contributed by atoms with van der Waals surface area (Å²) in [6, 6.07) is 14.9. The van der Waals surface area contributed by atoms with Gasteiger partial charge in [-0.15, -0.1) is 0 Å². The molecule has 1 atom stereocenters. The van der Waals surface area contributed by atoms with Crippen LogP contribution in [0.3, 0.4) is 0 Å². The number of rotatable bonds is 5. The first-order valence-corrected chi connectivity index (χ1v) is 12.1. The van der Waals surface area contributed by atoms with Crippen molar-refractivity contribution in [1.29, 1.82) is 0 Å². The maximum atomic E-state index is 13.1. The third-order valence-corrected chi connectivity index (χ3v) is 7.58. The van der Waals surface area contributed by atoms with Crippen molar-refractivity contribution >= 4 is 27.5 Å². The number of fused-ring (bicyclic) bond motifs is 3. The zero-order valence-electron chi connectivity index (χ0n) is 18.4. The average Bonchev–Trinajstić information content (AvgIpc) is 3.33. The molecule has 35 heavy (non-hydrogen) atoms. The Morgan fingerprint density at radius 1 is 0.971 bits per heavy atom. The van der Waals surface area contributed by atoms with Crippen LogP contribution in [0.1, 0.15) is 38.8 Å². The molecule has 0 aromatic heterocycles. The largest absolute Gasteiger partial charge is 0.454 e. The second-order valence-corrected chi connectivity index (χ2v) is 9.88. The SMILES string of the molecule is CC(OC(=O)c1ccc2c(c1)S(=O)(=O)c1ccccc1C2=O)C(=O)NCc1ccc2c(c1)OCO2. The fourth-order valence-corrected chi connectivity index (χ4v) is 5.55. The summed E-state index contributed by atoms with van der Waals surface area (Å²) < 4.78 is 41.9. The van der Waals surface area contributed by atoms with Gasteiger partial charge >= 0.3 is 5.97 Å². The van der Waals surface area contributed by atoms with E-state index in [1.807, 2.05) is 0 Å². The minimum Gasteiger partial charge on any atom is -0.454 e. The van der Waals surface area contributed by atoms with Crippen LogP contribution in [0.5, 0.6) is 11.5 Å². The molecule has 1 N–H and O–H groups in total. The van der Waals surface area contributed by atoms with E-state index in [0.717, 1.165) is 11.6 Å². The number of ketones is 1. The number of esters is 1. The Bertz CT molecular complexity index is 1500. The van der Waals surface area contributed by atoms with Crippen LogP contribution in [-0.4, -0.2) is 39.0 Å². The molecule has 1 amide bonds. The Kier molecular flexibility index (Phi) is 5.52. The average molecular weight is 493 g/mol. The maximum Gasteiger partial charge on any atom is 0.338 e. The van der Waals surface area contributed by atoms with Crippen molar-refractivity contribution < 1.29 is 37.0 Å². The number of sulfone groups is 1. The second kappa shape index (κ2) is 8.55. The van der Waals surface area contributed by atoms with Crippen LogP contribution in [0, 0.1) is 0 Å². The van der Waals surface area contributed by atoms with Crippen LogP contribution in [-0.2, 0) is 25.9 Å². The second-order valence-electron chi connectivity index (χ2n) is 7.99. The van der Waals surface area contributed by atoms with Gasteiger partial charge in [0.1, 0.15) is 0 Å². The molecule has 178 valence electrons. The van der Waals surface area contributed by atoms with Gasteiger partial charge in [-0.1, -0.05) is 18.2 Å². The van der Waals surface area contributed by atoms with Crippen molar-refractivity contribution in [2.45, 2.75) is 29.4 Å². The van der Waals surface area contributed by atoms with Gasteiger partial charge in [-0.2, -0.15) is 0 Å².